The van der Waals surface area contributed by atoms with Gasteiger partial charge >= 0.3 is 0 Å². The van der Waals surface area contributed by atoms with Gasteiger partial charge in [0.15, 0.2) is 6.61 Å². The molecule has 4 nitrogen and oxygen atoms in total. The summed E-state index contributed by atoms with van der Waals surface area (Å²) in [5, 5.41) is 6.63. The van der Waals surface area contributed by atoms with Crippen molar-refractivity contribution in [3.63, 3.8) is 0 Å². The molecule has 5 heteroatoms. The lowest BCUT2D eigenvalue weighted by Crippen LogP contribution is -2.28. The number of carbonyl (C=O) groups is 1. The first-order valence-corrected chi connectivity index (χ1v) is 8.40. The summed E-state index contributed by atoms with van der Waals surface area (Å²) >= 11 is 1.70. The van der Waals surface area contributed by atoms with Gasteiger partial charge in [0, 0.05) is 17.2 Å². The van der Waals surface area contributed by atoms with Crippen LogP contribution in [0.5, 0.6) is 0 Å². The monoisotopic (exact) mass is 328 g/mol. The molecule has 0 atom stereocenters. The Bertz CT molecular complexity index is 644. The van der Waals surface area contributed by atoms with Crippen molar-refractivity contribution in [2.45, 2.75) is 11.8 Å². The fraction of sp³-hybridized carbons (Fsp3) is 0.222. The number of oxime groups is 1. The molecule has 0 aliphatic heterocycles. The fourth-order valence-electron chi connectivity index (χ4n) is 1.85. The van der Waals surface area contributed by atoms with Gasteiger partial charge in [-0.15, -0.1) is 11.8 Å². The summed E-state index contributed by atoms with van der Waals surface area (Å²) in [6.45, 7) is 2.53. The second-order valence-electron chi connectivity index (χ2n) is 4.88. The summed E-state index contributed by atoms with van der Waals surface area (Å²) in [4.78, 5) is 17.8. The standard InChI is InChI=1S/C18H20N2O2S/c1-15-7-5-6-8-16(15)13-20-22-14-18(21)19-11-12-23-17-9-3-2-4-10-17/h2-10,13H,11-12,14H2,1H3,(H,19,21)/b20-13+. The molecule has 120 valence electrons. The van der Waals surface area contributed by atoms with E-state index in [0.717, 1.165) is 16.9 Å². The van der Waals surface area contributed by atoms with Gasteiger partial charge in [0.2, 0.25) is 0 Å². The lowest BCUT2D eigenvalue weighted by molar-refractivity contribution is -0.125. The second-order valence-corrected chi connectivity index (χ2v) is 6.04. The van der Waals surface area contributed by atoms with E-state index >= 15 is 0 Å². The molecule has 23 heavy (non-hydrogen) atoms. The predicted octanol–water partition coefficient (Wildman–Crippen LogP) is 3.25. The van der Waals surface area contributed by atoms with Gasteiger partial charge in [0.05, 0.1) is 6.21 Å². The molecule has 2 aromatic rings. The number of nitrogens with zero attached hydrogens (tertiary/aromatic N) is 1. The molecular formula is C18H20N2O2S. The van der Waals surface area contributed by atoms with E-state index in [1.54, 1.807) is 18.0 Å². The molecule has 0 aliphatic carbocycles. The van der Waals surface area contributed by atoms with Crippen LogP contribution in [-0.4, -0.2) is 31.0 Å². The predicted molar refractivity (Wildman–Crippen MR) is 94.9 cm³/mol. The first-order chi connectivity index (χ1) is 11.3. The van der Waals surface area contributed by atoms with Gasteiger partial charge < -0.3 is 10.2 Å². The zero-order valence-electron chi connectivity index (χ0n) is 13.1. The van der Waals surface area contributed by atoms with Gasteiger partial charge in [-0.25, -0.2) is 0 Å². The minimum absolute atomic E-state index is 0.0710. The van der Waals surface area contributed by atoms with Crippen molar-refractivity contribution in [2.75, 3.05) is 18.9 Å². The number of nitrogens with one attached hydrogen (secondary N) is 1. The minimum atomic E-state index is -0.166. The van der Waals surface area contributed by atoms with E-state index in [1.165, 1.54) is 4.90 Å². The Morgan fingerprint density at radius 3 is 2.70 bits per heavy atom. The quantitative estimate of drug-likeness (QED) is 0.350. The molecule has 0 spiro atoms. The van der Waals surface area contributed by atoms with Crippen LogP contribution in [0.2, 0.25) is 0 Å². The van der Waals surface area contributed by atoms with Crippen LogP contribution in [0.15, 0.2) is 64.6 Å². The number of amides is 1. The molecule has 0 heterocycles. The lowest BCUT2D eigenvalue weighted by atomic mass is 10.1. The molecule has 1 N–H and O–H groups in total. The van der Waals surface area contributed by atoms with E-state index in [1.807, 2.05) is 49.4 Å². The van der Waals surface area contributed by atoms with Crippen LogP contribution in [-0.2, 0) is 9.63 Å². The van der Waals surface area contributed by atoms with Crippen LogP contribution in [0.3, 0.4) is 0 Å². The molecule has 0 saturated heterocycles. The van der Waals surface area contributed by atoms with Crippen molar-refractivity contribution in [2.24, 2.45) is 5.16 Å². The summed E-state index contributed by atoms with van der Waals surface area (Å²) in [6.07, 6.45) is 1.62. The third-order valence-corrected chi connectivity index (χ3v) is 4.10. The van der Waals surface area contributed by atoms with Crippen LogP contribution in [0.25, 0.3) is 0 Å². The van der Waals surface area contributed by atoms with Gasteiger partial charge in [-0.05, 0) is 30.2 Å². The van der Waals surface area contributed by atoms with Crippen molar-refractivity contribution in [1.29, 1.82) is 0 Å². The molecule has 0 aliphatic rings. The van der Waals surface area contributed by atoms with Gasteiger partial charge in [-0.3, -0.25) is 4.79 Å². The smallest absolute Gasteiger partial charge is 0.260 e. The van der Waals surface area contributed by atoms with Crippen molar-refractivity contribution < 1.29 is 9.63 Å². The minimum Gasteiger partial charge on any atom is -0.386 e. The summed E-state index contributed by atoms with van der Waals surface area (Å²) < 4.78 is 0. The second kappa shape index (κ2) is 9.69. The Morgan fingerprint density at radius 2 is 1.91 bits per heavy atom. The van der Waals surface area contributed by atoms with E-state index in [4.69, 9.17) is 4.84 Å². The summed E-state index contributed by atoms with van der Waals surface area (Å²) in [6, 6.07) is 17.9. The van der Waals surface area contributed by atoms with E-state index < -0.39 is 0 Å². The van der Waals surface area contributed by atoms with Crippen molar-refractivity contribution >= 4 is 23.9 Å². The average molecular weight is 328 g/mol. The van der Waals surface area contributed by atoms with Crippen molar-refractivity contribution in [3.05, 3.63) is 65.7 Å². The number of hydrogen-bond acceptors (Lipinski definition) is 4. The number of rotatable bonds is 8. The van der Waals surface area contributed by atoms with Crippen molar-refractivity contribution in [1.82, 2.24) is 5.32 Å². The van der Waals surface area contributed by atoms with Gasteiger partial charge in [0.25, 0.3) is 5.91 Å². The van der Waals surface area contributed by atoms with Crippen LogP contribution >= 0.6 is 11.8 Å². The number of benzene rings is 2. The Labute approximate surface area is 140 Å². The van der Waals surface area contributed by atoms with Gasteiger partial charge in [-0.2, -0.15) is 0 Å². The molecule has 0 bridgehead atoms. The maximum absolute atomic E-state index is 11.6. The maximum atomic E-state index is 11.6. The Kier molecular flexibility index (Phi) is 7.20. The molecule has 2 aromatic carbocycles. The van der Waals surface area contributed by atoms with Crippen LogP contribution in [0.4, 0.5) is 0 Å². The molecule has 0 saturated carbocycles. The molecule has 2 rings (SSSR count). The fourth-order valence-corrected chi connectivity index (χ4v) is 2.64. The zero-order valence-corrected chi connectivity index (χ0v) is 13.9. The average Bonchev–Trinajstić information content (AvgIpc) is 2.58. The molecule has 1 amide bonds. The zero-order chi connectivity index (χ0) is 16.3. The van der Waals surface area contributed by atoms with E-state index in [-0.39, 0.29) is 12.5 Å². The SMILES string of the molecule is Cc1ccccc1/C=N/OCC(=O)NCCSc1ccccc1. The molecule has 0 unspecified atom stereocenters. The maximum Gasteiger partial charge on any atom is 0.260 e. The number of hydrogen-bond donors (Lipinski definition) is 1. The third kappa shape index (κ3) is 6.57. The first kappa shape index (κ1) is 17.1. The molecular weight excluding hydrogens is 308 g/mol. The lowest BCUT2D eigenvalue weighted by Gasteiger charge is -2.04. The Hall–Kier alpha value is -2.27. The molecule has 0 radical (unpaired) electrons. The first-order valence-electron chi connectivity index (χ1n) is 7.41. The van der Waals surface area contributed by atoms with Crippen LogP contribution in [0.1, 0.15) is 11.1 Å². The molecule has 0 fully saturated rings. The van der Waals surface area contributed by atoms with Gasteiger partial charge in [0.1, 0.15) is 0 Å². The summed E-state index contributed by atoms with van der Waals surface area (Å²) in [5.41, 5.74) is 2.09. The molecule has 0 aromatic heterocycles. The highest BCUT2D eigenvalue weighted by molar-refractivity contribution is 7.99. The van der Waals surface area contributed by atoms with Gasteiger partial charge in [-0.1, -0.05) is 47.6 Å². The summed E-state index contributed by atoms with van der Waals surface area (Å²) in [7, 11) is 0. The number of carbonyl (C=O) groups excluding carboxylic acids is 1. The number of thioether (sulfide) groups is 1. The van der Waals surface area contributed by atoms with E-state index in [0.29, 0.717) is 6.54 Å². The van der Waals surface area contributed by atoms with Crippen LogP contribution in [0, 0.1) is 6.92 Å². The van der Waals surface area contributed by atoms with Crippen LogP contribution < -0.4 is 5.32 Å². The Balaban J connectivity index is 1.59. The normalized spacial score (nSPS) is 10.7. The van der Waals surface area contributed by atoms with E-state index in [9.17, 15) is 4.79 Å². The largest absolute Gasteiger partial charge is 0.386 e. The Morgan fingerprint density at radius 1 is 1.17 bits per heavy atom. The third-order valence-electron chi connectivity index (χ3n) is 3.09. The van der Waals surface area contributed by atoms with E-state index in [2.05, 4.69) is 22.6 Å². The topological polar surface area (TPSA) is 50.7 Å². The highest BCUT2D eigenvalue weighted by Crippen LogP contribution is 2.15. The highest BCUT2D eigenvalue weighted by Gasteiger charge is 2.01. The summed E-state index contributed by atoms with van der Waals surface area (Å²) in [5.74, 6) is 0.656. The number of aryl methyl sites for hydroxylation is 1. The highest BCUT2D eigenvalue weighted by atomic mass is 32.2. The van der Waals surface area contributed by atoms with Crippen molar-refractivity contribution in [3.8, 4) is 0 Å².